The molecule has 1 amide bonds. The maximum atomic E-state index is 12.0. The van der Waals surface area contributed by atoms with Gasteiger partial charge in [0, 0.05) is 67.4 Å². The maximum Gasteiger partial charge on any atom is 0.219 e. The van der Waals surface area contributed by atoms with Crippen LogP contribution >= 0.6 is 0 Å². The number of carbonyl (C=O) groups excluding carboxylic acids is 1. The van der Waals surface area contributed by atoms with Crippen molar-refractivity contribution in [3.05, 3.63) is 59.5 Å². The predicted molar refractivity (Wildman–Crippen MR) is 113 cm³/mol. The van der Waals surface area contributed by atoms with Gasteiger partial charge in [-0.2, -0.15) is 0 Å². The number of amides is 1. The molecule has 1 atom stereocenters. The monoisotopic (exact) mass is 406 g/mol. The van der Waals surface area contributed by atoms with Crippen molar-refractivity contribution >= 4 is 16.8 Å². The molecule has 1 fully saturated rings. The number of carbonyl (C=O) groups is 1. The number of aromatic nitrogens is 2. The Morgan fingerprint density at radius 1 is 1.30 bits per heavy atom. The number of benzene rings is 1. The fourth-order valence-corrected chi connectivity index (χ4v) is 5.14. The number of ether oxygens (including phenoxy) is 1. The zero-order chi connectivity index (χ0) is 20.9. The summed E-state index contributed by atoms with van der Waals surface area (Å²) in [4.78, 5) is 24.2. The molecule has 0 radical (unpaired) electrons. The number of hydrogen-bond donors (Lipinski definition) is 2. The number of hydrogen-bond acceptors (Lipinski definition) is 5. The van der Waals surface area contributed by atoms with Crippen LogP contribution in [0.15, 0.2) is 42.6 Å². The van der Waals surface area contributed by atoms with Gasteiger partial charge in [0.25, 0.3) is 0 Å². The van der Waals surface area contributed by atoms with Gasteiger partial charge in [-0.15, -0.1) is 0 Å². The second-order valence-corrected chi connectivity index (χ2v) is 8.41. The number of likely N-dealkylation sites (tertiary alicyclic amines) is 1. The van der Waals surface area contributed by atoms with Gasteiger partial charge in [-0.25, -0.2) is 0 Å². The van der Waals surface area contributed by atoms with Crippen molar-refractivity contribution in [2.24, 2.45) is 0 Å². The van der Waals surface area contributed by atoms with Crippen molar-refractivity contribution in [1.82, 2.24) is 19.8 Å². The summed E-state index contributed by atoms with van der Waals surface area (Å²) in [7, 11) is 1.66. The minimum absolute atomic E-state index is 0.0102. The van der Waals surface area contributed by atoms with Crippen LogP contribution < -0.4 is 4.74 Å². The average Bonchev–Trinajstić information content (AvgIpc) is 3.10. The zero-order valence-electron chi connectivity index (χ0n) is 17.3. The number of H-pyrrole nitrogens is 1. The second-order valence-electron chi connectivity index (χ2n) is 8.41. The highest BCUT2D eigenvalue weighted by atomic mass is 16.5. The van der Waals surface area contributed by atoms with E-state index in [1.165, 1.54) is 5.56 Å². The van der Waals surface area contributed by atoms with Crippen LogP contribution in [-0.4, -0.2) is 64.1 Å². The Kier molecular flexibility index (Phi) is 4.52. The summed E-state index contributed by atoms with van der Waals surface area (Å²) in [6.07, 6.45) is 1.80. The first-order chi connectivity index (χ1) is 14.5. The third-order valence-corrected chi connectivity index (χ3v) is 6.54. The first-order valence-corrected chi connectivity index (χ1v) is 10.2. The van der Waals surface area contributed by atoms with Crippen molar-refractivity contribution in [1.29, 1.82) is 0 Å². The van der Waals surface area contributed by atoms with Gasteiger partial charge in [0.2, 0.25) is 5.91 Å². The highest BCUT2D eigenvalue weighted by Crippen LogP contribution is 2.48. The molecule has 30 heavy (non-hydrogen) atoms. The summed E-state index contributed by atoms with van der Waals surface area (Å²) in [5.74, 6) is 0.893. The largest absolute Gasteiger partial charge is 0.497 e. The van der Waals surface area contributed by atoms with Crippen LogP contribution in [0.1, 0.15) is 29.9 Å². The summed E-state index contributed by atoms with van der Waals surface area (Å²) in [5, 5.41) is 11.5. The molecule has 3 aromatic rings. The fraction of sp³-hybridized carbons (Fsp3) is 0.391. The van der Waals surface area contributed by atoms with Crippen LogP contribution in [0.3, 0.4) is 0 Å². The lowest BCUT2D eigenvalue weighted by molar-refractivity contribution is -0.138. The van der Waals surface area contributed by atoms with Crippen molar-refractivity contribution in [2.45, 2.75) is 24.9 Å². The number of aliphatic hydroxyl groups is 1. The number of pyridine rings is 1. The minimum Gasteiger partial charge on any atom is -0.497 e. The SMILES string of the molecule is COc1ccc2c3c([nH]c2c1)[C@H](CO)N(Cc1ccccn1)CC31CN(C(C)=O)C1. The normalized spacial score (nSPS) is 20.2. The van der Waals surface area contributed by atoms with Gasteiger partial charge >= 0.3 is 0 Å². The first kappa shape index (κ1) is 19.1. The van der Waals surface area contributed by atoms with Crippen LogP contribution in [0.4, 0.5) is 0 Å². The summed E-state index contributed by atoms with van der Waals surface area (Å²) in [6.45, 7) is 4.42. The van der Waals surface area contributed by atoms with Crippen LogP contribution in [0.2, 0.25) is 0 Å². The molecule has 1 saturated heterocycles. The van der Waals surface area contributed by atoms with Gasteiger partial charge in [0.1, 0.15) is 5.75 Å². The van der Waals surface area contributed by atoms with Crippen molar-refractivity contribution in [3.63, 3.8) is 0 Å². The average molecular weight is 406 g/mol. The Balaban J connectivity index is 1.62. The van der Waals surface area contributed by atoms with Gasteiger partial charge in [0.15, 0.2) is 0 Å². The fourth-order valence-electron chi connectivity index (χ4n) is 5.14. The van der Waals surface area contributed by atoms with Crippen molar-refractivity contribution in [3.8, 4) is 5.75 Å². The third kappa shape index (κ3) is 2.88. The van der Waals surface area contributed by atoms with Crippen LogP contribution in [0.5, 0.6) is 5.75 Å². The number of nitrogens with zero attached hydrogens (tertiary/aromatic N) is 3. The van der Waals surface area contributed by atoms with Gasteiger partial charge in [-0.3, -0.25) is 14.7 Å². The zero-order valence-corrected chi connectivity index (χ0v) is 17.3. The lowest BCUT2D eigenvalue weighted by atomic mass is 9.68. The quantitative estimate of drug-likeness (QED) is 0.694. The number of methoxy groups -OCH3 is 1. The van der Waals surface area contributed by atoms with E-state index in [2.05, 4.69) is 20.9 Å². The standard InChI is InChI=1S/C23H26N4O3/c1-15(29)27-13-23(14-27)12-26(10-16-5-3-4-8-24-16)20(11-28)22-21(23)18-7-6-17(30-2)9-19(18)25-22/h3-9,20,25,28H,10-14H2,1-2H3/t20-/m0/s1. The lowest BCUT2D eigenvalue weighted by Crippen LogP contribution is -2.67. The molecule has 7 heteroatoms. The lowest BCUT2D eigenvalue weighted by Gasteiger charge is -2.56. The van der Waals surface area contributed by atoms with E-state index in [0.717, 1.165) is 34.6 Å². The molecule has 1 aromatic carbocycles. The van der Waals surface area contributed by atoms with E-state index < -0.39 is 0 Å². The number of aliphatic hydroxyl groups excluding tert-OH is 1. The molecule has 2 aliphatic rings. The molecule has 2 aromatic heterocycles. The molecule has 0 unspecified atom stereocenters. The Morgan fingerprint density at radius 3 is 2.80 bits per heavy atom. The molecule has 1 spiro atoms. The Labute approximate surface area is 175 Å². The minimum atomic E-state index is -0.158. The van der Waals surface area contributed by atoms with E-state index >= 15 is 0 Å². The van der Waals surface area contributed by atoms with E-state index in [-0.39, 0.29) is 24.0 Å². The summed E-state index contributed by atoms with van der Waals surface area (Å²) < 4.78 is 5.41. The molecule has 2 aliphatic heterocycles. The van der Waals surface area contributed by atoms with E-state index in [0.29, 0.717) is 19.6 Å². The molecule has 5 rings (SSSR count). The second kappa shape index (κ2) is 7.11. The Morgan fingerprint density at radius 2 is 2.13 bits per heavy atom. The highest BCUT2D eigenvalue weighted by Gasteiger charge is 2.53. The van der Waals surface area contributed by atoms with Crippen LogP contribution in [0.25, 0.3) is 10.9 Å². The summed E-state index contributed by atoms with van der Waals surface area (Å²) in [5.41, 5.74) is 4.07. The molecule has 0 aliphatic carbocycles. The third-order valence-electron chi connectivity index (χ3n) is 6.54. The molecule has 2 N–H and O–H groups in total. The highest BCUT2D eigenvalue weighted by molar-refractivity contribution is 5.88. The van der Waals surface area contributed by atoms with Crippen molar-refractivity contribution in [2.75, 3.05) is 33.4 Å². The first-order valence-electron chi connectivity index (χ1n) is 10.2. The van der Waals surface area contributed by atoms with E-state index in [4.69, 9.17) is 4.74 Å². The smallest absolute Gasteiger partial charge is 0.219 e. The molecular weight excluding hydrogens is 380 g/mol. The molecule has 0 bridgehead atoms. The summed E-state index contributed by atoms with van der Waals surface area (Å²) in [6, 6.07) is 11.8. The van der Waals surface area contributed by atoms with E-state index in [1.54, 1.807) is 20.2 Å². The van der Waals surface area contributed by atoms with Gasteiger partial charge in [0.05, 0.1) is 25.5 Å². The Bertz CT molecular complexity index is 1090. The Hall–Kier alpha value is -2.90. The van der Waals surface area contributed by atoms with E-state index in [9.17, 15) is 9.90 Å². The number of aromatic amines is 1. The number of fused-ring (bicyclic) bond motifs is 4. The van der Waals surface area contributed by atoms with Crippen LogP contribution in [0, 0.1) is 0 Å². The molecular formula is C23H26N4O3. The maximum absolute atomic E-state index is 12.0. The predicted octanol–water partition coefficient (Wildman–Crippen LogP) is 2.22. The molecule has 0 saturated carbocycles. The molecule has 7 nitrogen and oxygen atoms in total. The van der Waals surface area contributed by atoms with Gasteiger partial charge in [-0.1, -0.05) is 6.07 Å². The topological polar surface area (TPSA) is 81.7 Å². The van der Waals surface area contributed by atoms with Gasteiger partial charge in [-0.05, 0) is 29.8 Å². The van der Waals surface area contributed by atoms with Crippen molar-refractivity contribution < 1.29 is 14.6 Å². The van der Waals surface area contributed by atoms with Crippen LogP contribution in [-0.2, 0) is 16.8 Å². The molecule has 4 heterocycles. The summed E-state index contributed by atoms with van der Waals surface area (Å²) >= 11 is 0. The number of nitrogens with one attached hydrogen (secondary N) is 1. The van der Waals surface area contributed by atoms with Gasteiger partial charge < -0.3 is 19.7 Å². The number of rotatable bonds is 4. The van der Waals surface area contributed by atoms with E-state index in [1.807, 2.05) is 35.2 Å². The molecule has 156 valence electrons.